The second kappa shape index (κ2) is 5.46. The molecule has 0 aliphatic heterocycles. The molecule has 0 aliphatic rings. The lowest BCUT2D eigenvalue weighted by Gasteiger charge is -2.30. The van der Waals surface area contributed by atoms with Gasteiger partial charge in [0.1, 0.15) is 17.9 Å². The standard InChI is InChI=1S/C12H15F3N2O2/c1-7(2)17(6-12(13,14)15)10-9(11(18)19)5-4-8(3)16-10/h4-5,7H,6H2,1-3H3,(H,18,19). The summed E-state index contributed by atoms with van der Waals surface area (Å²) < 4.78 is 37.7. The van der Waals surface area contributed by atoms with Gasteiger partial charge in [0.2, 0.25) is 0 Å². The predicted molar refractivity (Wildman–Crippen MR) is 64.5 cm³/mol. The van der Waals surface area contributed by atoms with E-state index in [0.29, 0.717) is 5.69 Å². The minimum absolute atomic E-state index is 0.153. The molecule has 0 amide bonds. The van der Waals surface area contributed by atoms with Crippen LogP contribution < -0.4 is 4.90 Å². The van der Waals surface area contributed by atoms with Crippen molar-refractivity contribution < 1.29 is 23.1 Å². The maximum Gasteiger partial charge on any atom is 0.405 e. The zero-order chi connectivity index (χ0) is 14.8. The Bertz CT molecular complexity index is 473. The zero-order valence-corrected chi connectivity index (χ0v) is 10.8. The number of aromatic carboxylic acids is 1. The van der Waals surface area contributed by atoms with E-state index in [0.717, 1.165) is 4.90 Å². The largest absolute Gasteiger partial charge is 0.478 e. The number of carboxylic acids is 1. The quantitative estimate of drug-likeness (QED) is 0.918. The van der Waals surface area contributed by atoms with Crippen LogP contribution in [0.15, 0.2) is 12.1 Å². The lowest BCUT2D eigenvalue weighted by Crippen LogP contribution is -2.40. The molecule has 0 bridgehead atoms. The van der Waals surface area contributed by atoms with Crippen molar-refractivity contribution in [3.63, 3.8) is 0 Å². The summed E-state index contributed by atoms with van der Waals surface area (Å²) in [5, 5.41) is 9.04. The summed E-state index contributed by atoms with van der Waals surface area (Å²) in [4.78, 5) is 16.0. The molecule has 1 heterocycles. The van der Waals surface area contributed by atoms with Crippen molar-refractivity contribution in [3.05, 3.63) is 23.4 Å². The number of pyridine rings is 1. The molecule has 0 aliphatic carbocycles. The highest BCUT2D eigenvalue weighted by Gasteiger charge is 2.34. The first-order chi connectivity index (χ1) is 8.61. The number of hydrogen-bond donors (Lipinski definition) is 1. The summed E-state index contributed by atoms with van der Waals surface area (Å²) in [7, 11) is 0. The fourth-order valence-electron chi connectivity index (χ4n) is 1.62. The molecule has 0 atom stereocenters. The molecule has 7 heteroatoms. The van der Waals surface area contributed by atoms with E-state index in [9.17, 15) is 18.0 Å². The van der Waals surface area contributed by atoms with Crippen molar-refractivity contribution in [2.24, 2.45) is 0 Å². The van der Waals surface area contributed by atoms with Crippen LogP contribution in [-0.2, 0) is 0 Å². The van der Waals surface area contributed by atoms with Gasteiger partial charge in [-0.2, -0.15) is 13.2 Å². The number of halogens is 3. The molecule has 0 saturated heterocycles. The molecule has 106 valence electrons. The summed E-state index contributed by atoms with van der Waals surface area (Å²) in [5.41, 5.74) is 0.233. The molecular formula is C12H15F3N2O2. The third-order valence-electron chi connectivity index (χ3n) is 2.49. The predicted octanol–water partition coefficient (Wildman–Crippen LogP) is 2.87. The molecule has 1 aromatic heterocycles. The Hall–Kier alpha value is -1.79. The van der Waals surface area contributed by atoms with Gasteiger partial charge in [-0.15, -0.1) is 0 Å². The van der Waals surface area contributed by atoms with Crippen LogP contribution in [0.1, 0.15) is 29.9 Å². The minimum Gasteiger partial charge on any atom is -0.478 e. The molecule has 1 rings (SSSR count). The van der Waals surface area contributed by atoms with E-state index in [-0.39, 0.29) is 11.4 Å². The molecule has 0 aromatic carbocycles. The molecule has 0 saturated carbocycles. The number of anilines is 1. The average molecular weight is 276 g/mol. The van der Waals surface area contributed by atoms with E-state index >= 15 is 0 Å². The van der Waals surface area contributed by atoms with Gasteiger partial charge in [-0.25, -0.2) is 9.78 Å². The fourth-order valence-corrected chi connectivity index (χ4v) is 1.62. The number of alkyl halides is 3. The highest BCUT2D eigenvalue weighted by Crippen LogP contribution is 2.26. The summed E-state index contributed by atoms with van der Waals surface area (Å²) in [5.74, 6) is -1.45. The molecule has 0 fully saturated rings. The van der Waals surface area contributed by atoms with Crippen LogP contribution in [0.5, 0.6) is 0 Å². The van der Waals surface area contributed by atoms with Crippen LogP contribution in [-0.4, -0.2) is 34.8 Å². The molecule has 0 unspecified atom stereocenters. The Kier molecular flexibility index (Phi) is 4.39. The van der Waals surface area contributed by atoms with Crippen molar-refractivity contribution >= 4 is 11.8 Å². The van der Waals surface area contributed by atoms with Crippen molar-refractivity contribution in [2.45, 2.75) is 33.0 Å². The Morgan fingerprint density at radius 1 is 1.42 bits per heavy atom. The van der Waals surface area contributed by atoms with Gasteiger partial charge in [-0.3, -0.25) is 0 Å². The first-order valence-corrected chi connectivity index (χ1v) is 5.66. The van der Waals surface area contributed by atoms with Crippen molar-refractivity contribution in [2.75, 3.05) is 11.4 Å². The van der Waals surface area contributed by atoms with Crippen molar-refractivity contribution in [1.29, 1.82) is 0 Å². The average Bonchev–Trinajstić information content (AvgIpc) is 2.23. The first kappa shape index (κ1) is 15.3. The normalized spacial score (nSPS) is 11.7. The van der Waals surface area contributed by atoms with Crippen LogP contribution in [0, 0.1) is 6.92 Å². The van der Waals surface area contributed by atoms with Crippen LogP contribution in [0.3, 0.4) is 0 Å². The van der Waals surface area contributed by atoms with Gasteiger partial charge in [0, 0.05) is 11.7 Å². The summed E-state index contributed by atoms with van der Waals surface area (Å²) in [6, 6.07) is 2.21. The van der Waals surface area contributed by atoms with E-state index in [1.807, 2.05) is 0 Å². The number of nitrogens with zero attached hydrogens (tertiary/aromatic N) is 2. The summed E-state index contributed by atoms with van der Waals surface area (Å²) in [6.45, 7) is 3.48. The Balaban J connectivity index is 3.29. The van der Waals surface area contributed by atoms with Gasteiger partial charge < -0.3 is 10.0 Å². The molecule has 1 N–H and O–H groups in total. The van der Waals surface area contributed by atoms with Crippen LogP contribution in [0.25, 0.3) is 0 Å². The second-order valence-corrected chi connectivity index (χ2v) is 4.47. The maximum absolute atomic E-state index is 12.6. The number of aryl methyl sites for hydroxylation is 1. The highest BCUT2D eigenvalue weighted by molar-refractivity contribution is 5.93. The van der Waals surface area contributed by atoms with Crippen LogP contribution in [0.4, 0.5) is 19.0 Å². The zero-order valence-electron chi connectivity index (χ0n) is 10.8. The van der Waals surface area contributed by atoms with Gasteiger partial charge in [0.15, 0.2) is 0 Å². The molecule has 0 spiro atoms. The van der Waals surface area contributed by atoms with Crippen molar-refractivity contribution in [3.8, 4) is 0 Å². The van der Waals surface area contributed by atoms with Gasteiger partial charge in [-0.1, -0.05) is 0 Å². The van der Waals surface area contributed by atoms with Crippen LogP contribution in [0.2, 0.25) is 0 Å². The first-order valence-electron chi connectivity index (χ1n) is 5.66. The second-order valence-electron chi connectivity index (χ2n) is 4.47. The lowest BCUT2D eigenvalue weighted by atomic mass is 10.2. The van der Waals surface area contributed by atoms with E-state index < -0.39 is 24.7 Å². The highest BCUT2D eigenvalue weighted by atomic mass is 19.4. The summed E-state index contributed by atoms with van der Waals surface area (Å²) >= 11 is 0. The number of aromatic nitrogens is 1. The molecule has 1 aromatic rings. The number of rotatable bonds is 4. The number of hydrogen-bond acceptors (Lipinski definition) is 3. The monoisotopic (exact) mass is 276 g/mol. The van der Waals surface area contributed by atoms with Crippen LogP contribution >= 0.6 is 0 Å². The van der Waals surface area contributed by atoms with Crippen molar-refractivity contribution in [1.82, 2.24) is 4.98 Å². The smallest absolute Gasteiger partial charge is 0.405 e. The maximum atomic E-state index is 12.6. The van der Waals surface area contributed by atoms with Gasteiger partial charge in [-0.05, 0) is 32.9 Å². The SMILES string of the molecule is Cc1ccc(C(=O)O)c(N(CC(F)(F)F)C(C)C)n1. The van der Waals surface area contributed by atoms with E-state index in [1.165, 1.54) is 12.1 Å². The molecule has 4 nitrogen and oxygen atoms in total. The third-order valence-corrected chi connectivity index (χ3v) is 2.49. The number of carboxylic acid groups (broad SMARTS) is 1. The minimum atomic E-state index is -4.43. The number of carbonyl (C=O) groups is 1. The van der Waals surface area contributed by atoms with Gasteiger partial charge >= 0.3 is 12.1 Å². The summed E-state index contributed by atoms with van der Waals surface area (Å²) in [6.07, 6.45) is -4.43. The fraction of sp³-hybridized carbons (Fsp3) is 0.500. The Labute approximate surface area is 108 Å². The Morgan fingerprint density at radius 2 is 2.00 bits per heavy atom. The Morgan fingerprint density at radius 3 is 2.42 bits per heavy atom. The van der Waals surface area contributed by atoms with Gasteiger partial charge in [0.05, 0.1) is 0 Å². The van der Waals surface area contributed by atoms with E-state index in [2.05, 4.69) is 4.98 Å². The third kappa shape index (κ3) is 4.11. The van der Waals surface area contributed by atoms with E-state index in [1.54, 1.807) is 20.8 Å². The lowest BCUT2D eigenvalue weighted by molar-refractivity contribution is -0.120. The van der Waals surface area contributed by atoms with E-state index in [4.69, 9.17) is 5.11 Å². The topological polar surface area (TPSA) is 53.4 Å². The molecule has 19 heavy (non-hydrogen) atoms. The van der Waals surface area contributed by atoms with Gasteiger partial charge in [0.25, 0.3) is 0 Å². The molecular weight excluding hydrogens is 261 g/mol. The molecule has 0 radical (unpaired) electrons.